The highest BCUT2D eigenvalue weighted by atomic mass is 79.9. The van der Waals surface area contributed by atoms with Gasteiger partial charge in [-0.05, 0) is 30.5 Å². The highest BCUT2D eigenvalue weighted by molar-refractivity contribution is 9.09. The average Bonchev–Trinajstić information content (AvgIpc) is 2.37. The molecule has 106 valence electrons. The van der Waals surface area contributed by atoms with Gasteiger partial charge in [0.25, 0.3) is 5.91 Å². The molecular formula is C14H19BrFNO2. The number of benzene rings is 1. The van der Waals surface area contributed by atoms with E-state index in [-0.39, 0.29) is 17.7 Å². The minimum absolute atomic E-state index is 0.0667. The summed E-state index contributed by atoms with van der Waals surface area (Å²) in [5.74, 6) is -0.333. The van der Waals surface area contributed by atoms with Gasteiger partial charge >= 0.3 is 0 Å². The number of carbonyl (C=O) groups is 1. The molecule has 3 nitrogen and oxygen atoms in total. The van der Waals surface area contributed by atoms with Crippen molar-refractivity contribution in [3.8, 4) is 5.75 Å². The second-order valence-corrected chi connectivity index (χ2v) is 5.44. The number of hydrogen-bond acceptors (Lipinski definition) is 2. The van der Waals surface area contributed by atoms with Gasteiger partial charge in [-0.1, -0.05) is 29.8 Å². The molecule has 1 atom stereocenters. The monoisotopic (exact) mass is 331 g/mol. The number of methoxy groups -OCH3 is 1. The summed E-state index contributed by atoms with van der Waals surface area (Å²) < 4.78 is 18.4. The van der Waals surface area contributed by atoms with Crippen molar-refractivity contribution in [3.63, 3.8) is 0 Å². The van der Waals surface area contributed by atoms with E-state index >= 15 is 0 Å². The van der Waals surface area contributed by atoms with E-state index in [9.17, 15) is 9.18 Å². The molecule has 1 N–H and O–H groups in total. The lowest BCUT2D eigenvalue weighted by molar-refractivity contribution is 0.0924. The number of alkyl halides is 1. The minimum Gasteiger partial charge on any atom is -0.494 e. The first-order chi connectivity index (χ1) is 8.99. The van der Waals surface area contributed by atoms with Crippen molar-refractivity contribution in [1.82, 2.24) is 5.32 Å². The van der Waals surface area contributed by atoms with Crippen molar-refractivity contribution in [2.45, 2.75) is 26.3 Å². The Morgan fingerprint density at radius 3 is 2.63 bits per heavy atom. The van der Waals surface area contributed by atoms with Gasteiger partial charge in [0, 0.05) is 16.9 Å². The Bertz CT molecular complexity index is 437. The molecular weight excluding hydrogens is 313 g/mol. The fourth-order valence-corrected chi connectivity index (χ4v) is 2.24. The van der Waals surface area contributed by atoms with Crippen LogP contribution in [0.2, 0.25) is 0 Å². The molecule has 0 saturated heterocycles. The summed E-state index contributed by atoms with van der Waals surface area (Å²) in [4.78, 5) is 12.1. The number of ether oxygens (including phenoxy) is 1. The van der Waals surface area contributed by atoms with Crippen molar-refractivity contribution < 1.29 is 13.9 Å². The molecule has 0 spiro atoms. The van der Waals surface area contributed by atoms with Gasteiger partial charge in [-0.25, -0.2) is 4.39 Å². The van der Waals surface area contributed by atoms with Gasteiger partial charge in [-0.3, -0.25) is 4.79 Å². The molecule has 0 aliphatic carbocycles. The van der Waals surface area contributed by atoms with Crippen LogP contribution in [0.15, 0.2) is 18.2 Å². The third-order valence-electron chi connectivity index (χ3n) is 2.96. The minimum atomic E-state index is -0.531. The topological polar surface area (TPSA) is 38.3 Å². The predicted molar refractivity (Wildman–Crippen MR) is 77.5 cm³/mol. The molecule has 1 amide bonds. The lowest BCUT2D eigenvalue weighted by Crippen LogP contribution is -2.38. The van der Waals surface area contributed by atoms with Crippen molar-refractivity contribution in [3.05, 3.63) is 29.6 Å². The average molecular weight is 332 g/mol. The maximum absolute atomic E-state index is 13.5. The summed E-state index contributed by atoms with van der Waals surface area (Å²) in [6, 6.07) is 4.28. The van der Waals surface area contributed by atoms with Gasteiger partial charge < -0.3 is 10.1 Å². The van der Waals surface area contributed by atoms with Crippen LogP contribution in [0.1, 0.15) is 30.6 Å². The van der Waals surface area contributed by atoms with Crippen LogP contribution in [0.5, 0.6) is 5.75 Å². The Balaban J connectivity index is 2.79. The number of amides is 1. The van der Waals surface area contributed by atoms with Crippen molar-refractivity contribution in [2.24, 2.45) is 5.92 Å². The summed E-state index contributed by atoms with van der Waals surface area (Å²) >= 11 is 3.37. The van der Waals surface area contributed by atoms with Crippen molar-refractivity contribution >= 4 is 21.8 Å². The molecule has 0 aliphatic heterocycles. The molecule has 0 heterocycles. The lowest BCUT2D eigenvalue weighted by atomic mass is 10.0. The number of nitrogens with one attached hydrogen (secondary N) is 1. The van der Waals surface area contributed by atoms with Gasteiger partial charge in [0.05, 0.1) is 7.11 Å². The highest BCUT2D eigenvalue weighted by Gasteiger charge is 2.17. The molecule has 5 heteroatoms. The fourth-order valence-electron chi connectivity index (χ4n) is 1.75. The van der Waals surface area contributed by atoms with Crippen LogP contribution in [-0.2, 0) is 0 Å². The van der Waals surface area contributed by atoms with Crippen molar-refractivity contribution in [1.29, 1.82) is 0 Å². The number of hydrogen-bond donors (Lipinski definition) is 1. The number of rotatable bonds is 6. The summed E-state index contributed by atoms with van der Waals surface area (Å²) in [5, 5.41) is 3.73. The maximum Gasteiger partial charge on any atom is 0.251 e. The zero-order chi connectivity index (χ0) is 14.4. The molecule has 0 aliphatic rings. The molecule has 1 unspecified atom stereocenters. The lowest BCUT2D eigenvalue weighted by Gasteiger charge is -2.21. The second kappa shape index (κ2) is 7.48. The molecule has 19 heavy (non-hydrogen) atoms. The van der Waals surface area contributed by atoms with Crippen LogP contribution < -0.4 is 10.1 Å². The second-order valence-electron chi connectivity index (χ2n) is 4.65. The van der Waals surface area contributed by atoms with Crippen molar-refractivity contribution in [2.75, 3.05) is 12.4 Å². The summed E-state index contributed by atoms with van der Waals surface area (Å²) in [6.07, 6.45) is 0.835. The Hall–Kier alpha value is -1.10. The maximum atomic E-state index is 13.5. The van der Waals surface area contributed by atoms with Crippen LogP contribution in [0, 0.1) is 11.7 Å². The van der Waals surface area contributed by atoms with Crippen LogP contribution in [0.4, 0.5) is 4.39 Å². The van der Waals surface area contributed by atoms with Gasteiger partial charge in [0.15, 0.2) is 11.6 Å². The smallest absolute Gasteiger partial charge is 0.251 e. The van der Waals surface area contributed by atoms with E-state index in [1.165, 1.54) is 19.2 Å². The third-order valence-corrected chi connectivity index (χ3v) is 3.41. The van der Waals surface area contributed by atoms with E-state index in [2.05, 4.69) is 21.2 Å². The first-order valence-electron chi connectivity index (χ1n) is 6.20. The molecule has 0 fully saturated rings. The van der Waals surface area contributed by atoms with E-state index in [1.54, 1.807) is 6.07 Å². The SMILES string of the molecule is COc1ccc(C(=O)NC(CCBr)C(C)C)cc1F. The van der Waals surface area contributed by atoms with E-state index < -0.39 is 5.82 Å². The van der Waals surface area contributed by atoms with E-state index in [0.717, 1.165) is 11.8 Å². The van der Waals surface area contributed by atoms with Gasteiger partial charge in [0.1, 0.15) is 0 Å². The normalized spacial score (nSPS) is 12.3. The van der Waals surface area contributed by atoms with Crippen LogP contribution in [0.3, 0.4) is 0 Å². The summed E-state index contributed by atoms with van der Waals surface area (Å²) in [6.45, 7) is 4.09. The Labute approximate surface area is 121 Å². The molecule has 1 aromatic rings. The van der Waals surface area contributed by atoms with Crippen LogP contribution in [0.25, 0.3) is 0 Å². The number of halogens is 2. The number of carbonyl (C=O) groups excluding carboxylic acids is 1. The standard InChI is InChI=1S/C14H19BrFNO2/c1-9(2)12(6-7-15)17-14(18)10-4-5-13(19-3)11(16)8-10/h4-5,8-9,12H,6-7H2,1-3H3,(H,17,18). The molecule has 1 aromatic carbocycles. The van der Waals surface area contributed by atoms with Gasteiger partial charge in [-0.15, -0.1) is 0 Å². The van der Waals surface area contributed by atoms with E-state index in [1.807, 2.05) is 13.8 Å². The molecule has 0 bridgehead atoms. The zero-order valence-corrected chi connectivity index (χ0v) is 13.0. The van der Waals surface area contributed by atoms with E-state index in [0.29, 0.717) is 11.5 Å². The summed E-state index contributed by atoms with van der Waals surface area (Å²) in [5.41, 5.74) is 0.304. The predicted octanol–water partition coefficient (Wildman–Crippen LogP) is 3.37. The Morgan fingerprint density at radius 1 is 1.47 bits per heavy atom. The van der Waals surface area contributed by atoms with Gasteiger partial charge in [0.2, 0.25) is 0 Å². The molecule has 1 rings (SSSR count). The largest absolute Gasteiger partial charge is 0.494 e. The van der Waals surface area contributed by atoms with Gasteiger partial charge in [-0.2, -0.15) is 0 Å². The van der Waals surface area contributed by atoms with Crippen LogP contribution in [-0.4, -0.2) is 24.4 Å². The first kappa shape index (κ1) is 16.0. The Morgan fingerprint density at radius 2 is 2.16 bits per heavy atom. The zero-order valence-electron chi connectivity index (χ0n) is 11.4. The fraction of sp³-hybridized carbons (Fsp3) is 0.500. The molecule has 0 radical (unpaired) electrons. The van der Waals surface area contributed by atoms with E-state index in [4.69, 9.17) is 4.74 Å². The third kappa shape index (κ3) is 4.49. The quantitative estimate of drug-likeness (QED) is 0.811. The molecule has 0 aromatic heterocycles. The van der Waals surface area contributed by atoms with Crippen LogP contribution >= 0.6 is 15.9 Å². The summed E-state index contributed by atoms with van der Waals surface area (Å²) in [7, 11) is 1.39. The highest BCUT2D eigenvalue weighted by Crippen LogP contribution is 2.18. The molecule has 0 saturated carbocycles. The Kier molecular flexibility index (Phi) is 6.28. The first-order valence-corrected chi connectivity index (χ1v) is 7.32.